The molecule has 0 saturated heterocycles. The monoisotopic (exact) mass is 305 g/mol. The second kappa shape index (κ2) is 6.04. The normalized spacial score (nSPS) is 11.5. The number of pyridine rings is 1. The number of benzene rings is 1. The van der Waals surface area contributed by atoms with Gasteiger partial charge in [-0.1, -0.05) is 38.4 Å². The van der Waals surface area contributed by atoms with Crippen LogP contribution in [0.15, 0.2) is 30.3 Å². The molecule has 0 aliphatic rings. The van der Waals surface area contributed by atoms with Gasteiger partial charge in [0, 0.05) is 11.5 Å². The fraction of sp³-hybridized carbons (Fsp3) is 0.353. The van der Waals surface area contributed by atoms with E-state index in [0.29, 0.717) is 16.7 Å². The van der Waals surface area contributed by atoms with E-state index in [4.69, 9.17) is 16.3 Å². The van der Waals surface area contributed by atoms with Crippen molar-refractivity contribution in [1.82, 2.24) is 4.98 Å². The maximum Gasteiger partial charge on any atom is 0.219 e. The molecule has 1 aromatic heterocycles. The summed E-state index contributed by atoms with van der Waals surface area (Å²) in [5.41, 5.74) is 2.58. The summed E-state index contributed by atoms with van der Waals surface area (Å²) in [6.07, 6.45) is 0. The highest BCUT2D eigenvalue weighted by Crippen LogP contribution is 2.31. The molecule has 1 heterocycles. The molecule has 0 saturated carbocycles. The Balaban J connectivity index is 2.39. The number of nitrogens with zero attached hydrogens (tertiary/aromatic N) is 1. The fourth-order valence-corrected chi connectivity index (χ4v) is 2.16. The predicted octanol–water partition coefficient (Wildman–Crippen LogP) is 4.63. The number of hydrogen-bond donors (Lipinski definition) is 1. The van der Waals surface area contributed by atoms with E-state index in [1.54, 1.807) is 6.07 Å². The van der Waals surface area contributed by atoms with Gasteiger partial charge in [0.1, 0.15) is 5.75 Å². The Labute approximate surface area is 130 Å². The molecule has 0 fully saturated rings. The van der Waals surface area contributed by atoms with E-state index >= 15 is 0 Å². The van der Waals surface area contributed by atoms with Crippen molar-refractivity contribution in [3.63, 3.8) is 0 Å². The maximum atomic E-state index is 9.40. The Kier molecular flexibility index (Phi) is 4.55. The summed E-state index contributed by atoms with van der Waals surface area (Å²) in [7, 11) is 0. The zero-order valence-corrected chi connectivity index (χ0v) is 13.5. The summed E-state index contributed by atoms with van der Waals surface area (Å²) in [5, 5.41) is 9.94. The zero-order valence-electron chi connectivity index (χ0n) is 12.8. The van der Waals surface area contributed by atoms with Crippen LogP contribution >= 0.6 is 11.6 Å². The molecule has 3 nitrogen and oxygen atoms in total. The van der Waals surface area contributed by atoms with Crippen molar-refractivity contribution in [2.75, 3.05) is 0 Å². The first-order chi connectivity index (χ1) is 9.79. The number of ether oxygens (including phenoxy) is 1. The minimum atomic E-state index is -0.125. The molecule has 0 amide bonds. The van der Waals surface area contributed by atoms with Crippen LogP contribution in [0.25, 0.3) is 0 Å². The summed E-state index contributed by atoms with van der Waals surface area (Å²) >= 11 is 6.18. The average Bonchev–Trinajstić information content (AvgIpc) is 2.40. The summed E-state index contributed by atoms with van der Waals surface area (Å²) in [6.45, 7) is 8.12. The molecule has 0 spiro atoms. The average molecular weight is 306 g/mol. The molecule has 0 unspecified atom stereocenters. The van der Waals surface area contributed by atoms with Crippen LogP contribution in [0.3, 0.4) is 0 Å². The molecule has 0 aliphatic heterocycles. The summed E-state index contributed by atoms with van der Waals surface area (Å²) < 4.78 is 5.79. The van der Waals surface area contributed by atoms with Crippen molar-refractivity contribution >= 4 is 11.6 Å². The van der Waals surface area contributed by atoms with Gasteiger partial charge in [0.2, 0.25) is 5.88 Å². The Hall–Kier alpha value is -1.58. The molecule has 2 aromatic rings. The third kappa shape index (κ3) is 3.96. The summed E-state index contributed by atoms with van der Waals surface area (Å²) in [4.78, 5) is 4.52. The molecule has 21 heavy (non-hydrogen) atoms. The highest BCUT2D eigenvalue weighted by molar-refractivity contribution is 6.32. The van der Waals surface area contributed by atoms with Crippen molar-refractivity contribution in [3.05, 3.63) is 52.2 Å². The maximum absolute atomic E-state index is 9.40. The quantitative estimate of drug-likeness (QED) is 0.899. The van der Waals surface area contributed by atoms with Crippen molar-refractivity contribution in [1.29, 1.82) is 0 Å². The molecule has 0 bridgehead atoms. The number of hydrogen-bond acceptors (Lipinski definition) is 3. The molecule has 1 aromatic carbocycles. The molecule has 0 radical (unpaired) electrons. The van der Waals surface area contributed by atoms with Crippen molar-refractivity contribution in [3.8, 4) is 11.6 Å². The van der Waals surface area contributed by atoms with Crippen LogP contribution < -0.4 is 4.74 Å². The van der Waals surface area contributed by atoms with Gasteiger partial charge in [0.15, 0.2) is 0 Å². The molecular weight excluding hydrogens is 286 g/mol. The number of halogens is 1. The van der Waals surface area contributed by atoms with Crippen LogP contribution in [0.4, 0.5) is 0 Å². The number of aliphatic hydroxyl groups is 1. The Morgan fingerprint density at radius 3 is 2.48 bits per heavy atom. The minimum absolute atomic E-state index is 0.0520. The van der Waals surface area contributed by atoms with Crippen LogP contribution in [0.2, 0.25) is 5.02 Å². The molecule has 112 valence electrons. The van der Waals surface area contributed by atoms with Gasteiger partial charge in [-0.3, -0.25) is 0 Å². The van der Waals surface area contributed by atoms with Crippen LogP contribution in [-0.2, 0) is 12.0 Å². The SMILES string of the molecule is Cc1ccc(Oc2cc(CO)cc(C(C)(C)C)n2)c(Cl)c1. The molecule has 4 heteroatoms. The largest absolute Gasteiger partial charge is 0.437 e. The zero-order chi connectivity index (χ0) is 15.6. The van der Waals surface area contributed by atoms with Crippen molar-refractivity contribution in [2.45, 2.75) is 39.7 Å². The van der Waals surface area contributed by atoms with E-state index in [9.17, 15) is 5.11 Å². The van der Waals surface area contributed by atoms with Gasteiger partial charge >= 0.3 is 0 Å². The van der Waals surface area contributed by atoms with Gasteiger partial charge in [-0.15, -0.1) is 0 Å². The van der Waals surface area contributed by atoms with Crippen molar-refractivity contribution < 1.29 is 9.84 Å². The van der Waals surface area contributed by atoms with Crippen LogP contribution in [0.5, 0.6) is 11.6 Å². The van der Waals surface area contributed by atoms with E-state index < -0.39 is 0 Å². The molecule has 2 rings (SSSR count). The highest BCUT2D eigenvalue weighted by Gasteiger charge is 2.18. The van der Waals surface area contributed by atoms with Gasteiger partial charge in [-0.05, 0) is 36.2 Å². The standard InChI is InChI=1S/C17H20ClNO2/c1-11-5-6-14(13(18)7-11)21-16-9-12(10-20)8-15(19-16)17(2,3)4/h5-9,20H,10H2,1-4H3. The summed E-state index contributed by atoms with van der Waals surface area (Å²) in [5.74, 6) is 1.00. The lowest BCUT2D eigenvalue weighted by Gasteiger charge is -2.19. The van der Waals surface area contributed by atoms with Crippen LogP contribution in [0.1, 0.15) is 37.6 Å². The van der Waals surface area contributed by atoms with Gasteiger partial charge < -0.3 is 9.84 Å². The van der Waals surface area contributed by atoms with Crippen molar-refractivity contribution in [2.24, 2.45) is 0 Å². The smallest absolute Gasteiger partial charge is 0.219 e. The van der Waals surface area contributed by atoms with E-state index in [1.165, 1.54) is 0 Å². The molecule has 0 atom stereocenters. The summed E-state index contributed by atoms with van der Waals surface area (Å²) in [6, 6.07) is 9.22. The van der Waals surface area contributed by atoms with Gasteiger partial charge in [-0.25, -0.2) is 4.98 Å². The molecule has 1 N–H and O–H groups in total. The van der Waals surface area contributed by atoms with Gasteiger partial charge in [0.05, 0.1) is 17.3 Å². The first-order valence-electron chi connectivity index (χ1n) is 6.86. The van der Waals surface area contributed by atoms with Crippen LogP contribution in [-0.4, -0.2) is 10.1 Å². The first kappa shape index (κ1) is 15.8. The lowest BCUT2D eigenvalue weighted by molar-refractivity contribution is 0.280. The number of rotatable bonds is 3. The predicted molar refractivity (Wildman–Crippen MR) is 85.1 cm³/mol. The van der Waals surface area contributed by atoms with E-state index in [1.807, 2.05) is 31.2 Å². The minimum Gasteiger partial charge on any atom is -0.437 e. The molecular formula is C17H20ClNO2. The third-order valence-corrected chi connectivity index (χ3v) is 3.41. The number of aliphatic hydroxyl groups excluding tert-OH is 1. The van der Waals surface area contributed by atoms with Gasteiger partial charge in [-0.2, -0.15) is 0 Å². The highest BCUT2D eigenvalue weighted by atomic mass is 35.5. The second-order valence-electron chi connectivity index (χ2n) is 6.14. The fourth-order valence-electron chi connectivity index (χ4n) is 1.89. The molecule has 0 aliphatic carbocycles. The number of aryl methyl sites for hydroxylation is 1. The number of aromatic nitrogens is 1. The van der Waals surface area contributed by atoms with Crippen LogP contribution in [0, 0.1) is 6.92 Å². The van der Waals surface area contributed by atoms with E-state index in [0.717, 1.165) is 16.8 Å². The second-order valence-corrected chi connectivity index (χ2v) is 6.55. The Bertz CT molecular complexity index is 648. The lowest BCUT2D eigenvalue weighted by Crippen LogP contribution is -2.14. The van der Waals surface area contributed by atoms with E-state index in [2.05, 4.69) is 25.8 Å². The van der Waals surface area contributed by atoms with E-state index in [-0.39, 0.29) is 12.0 Å². The topological polar surface area (TPSA) is 42.4 Å². The Morgan fingerprint density at radius 2 is 1.90 bits per heavy atom. The third-order valence-electron chi connectivity index (χ3n) is 3.11. The lowest BCUT2D eigenvalue weighted by atomic mass is 9.91. The first-order valence-corrected chi connectivity index (χ1v) is 7.23. The van der Waals surface area contributed by atoms with Gasteiger partial charge in [0.25, 0.3) is 0 Å². The Morgan fingerprint density at radius 1 is 1.19 bits per heavy atom.